The highest BCUT2D eigenvalue weighted by Crippen LogP contribution is 2.22. The molecular weight excluding hydrogens is 308 g/mol. The second-order valence-electron chi connectivity index (χ2n) is 4.18. The third-order valence-corrected chi connectivity index (χ3v) is 3.62. The van der Waals surface area contributed by atoms with Gasteiger partial charge in [0.25, 0.3) is 5.56 Å². The number of alkyl halides is 1. The summed E-state index contributed by atoms with van der Waals surface area (Å²) in [6.07, 6.45) is 3.71. The molecule has 2 heterocycles. The van der Waals surface area contributed by atoms with Crippen molar-refractivity contribution in [2.45, 2.75) is 11.4 Å². The lowest BCUT2D eigenvalue weighted by atomic mass is 10.1. The molecule has 0 bridgehead atoms. The Bertz CT molecular complexity index is 750. The van der Waals surface area contributed by atoms with Crippen LogP contribution in [0.3, 0.4) is 0 Å². The van der Waals surface area contributed by atoms with Crippen LogP contribution in [0.2, 0.25) is 0 Å². The first kappa shape index (κ1) is 12.1. The molecule has 5 nitrogen and oxygen atoms in total. The summed E-state index contributed by atoms with van der Waals surface area (Å²) in [4.78, 5) is 18.3. The van der Waals surface area contributed by atoms with Crippen molar-refractivity contribution in [3.05, 3.63) is 58.8 Å². The molecule has 6 heteroatoms. The number of benzene rings is 1. The van der Waals surface area contributed by atoms with Gasteiger partial charge < -0.3 is 4.98 Å². The highest BCUT2D eigenvalue weighted by molar-refractivity contribution is 9.09. The molecule has 1 aromatic carbocycles. The molecule has 1 unspecified atom stereocenters. The zero-order chi connectivity index (χ0) is 13.2. The van der Waals surface area contributed by atoms with Crippen LogP contribution in [0.4, 0.5) is 0 Å². The van der Waals surface area contributed by atoms with Crippen molar-refractivity contribution in [3.63, 3.8) is 0 Å². The molecule has 19 heavy (non-hydrogen) atoms. The fourth-order valence-corrected chi connectivity index (χ4v) is 2.65. The molecule has 0 saturated carbocycles. The fourth-order valence-electron chi connectivity index (χ4n) is 1.97. The number of hydrogen-bond donors (Lipinski definition) is 1. The van der Waals surface area contributed by atoms with E-state index in [4.69, 9.17) is 0 Å². The molecule has 0 aliphatic heterocycles. The van der Waals surface area contributed by atoms with Crippen molar-refractivity contribution < 1.29 is 0 Å². The maximum atomic E-state index is 11.6. The largest absolute Gasteiger partial charge is 0.312 e. The van der Waals surface area contributed by atoms with Gasteiger partial charge in [-0.3, -0.25) is 4.79 Å². The van der Waals surface area contributed by atoms with E-state index in [1.165, 1.54) is 11.9 Å². The van der Waals surface area contributed by atoms with Gasteiger partial charge in [0.1, 0.15) is 10.3 Å². The molecule has 0 radical (unpaired) electrons. The Balaban J connectivity index is 1.96. The van der Waals surface area contributed by atoms with Crippen LogP contribution in [-0.4, -0.2) is 19.7 Å². The Hall–Kier alpha value is -1.95. The summed E-state index contributed by atoms with van der Waals surface area (Å²) in [5.74, 6) is 0. The molecule has 0 amide bonds. The number of nitrogens with one attached hydrogen (secondary N) is 1. The third kappa shape index (κ3) is 2.31. The minimum Gasteiger partial charge on any atom is -0.312 e. The number of hydrogen-bond acceptors (Lipinski definition) is 3. The summed E-state index contributed by atoms with van der Waals surface area (Å²) < 4.78 is 1.72. The van der Waals surface area contributed by atoms with Crippen molar-refractivity contribution in [1.29, 1.82) is 0 Å². The summed E-state index contributed by atoms with van der Waals surface area (Å²) in [6, 6.07) is 10.1. The van der Waals surface area contributed by atoms with E-state index in [0.29, 0.717) is 11.0 Å². The molecule has 0 saturated heterocycles. The van der Waals surface area contributed by atoms with Gasteiger partial charge in [-0.25, -0.2) is 9.67 Å². The van der Waals surface area contributed by atoms with Crippen molar-refractivity contribution in [2.75, 3.05) is 0 Å². The topological polar surface area (TPSA) is 63.6 Å². The zero-order valence-electron chi connectivity index (χ0n) is 9.95. The normalized spacial score (nSPS) is 12.7. The number of nitrogens with zero attached hydrogens (tertiary/aromatic N) is 3. The lowest BCUT2D eigenvalue weighted by Gasteiger charge is -2.11. The van der Waals surface area contributed by atoms with Gasteiger partial charge in [0.15, 0.2) is 5.65 Å². The van der Waals surface area contributed by atoms with Crippen LogP contribution in [0.1, 0.15) is 10.5 Å². The van der Waals surface area contributed by atoms with Crippen LogP contribution in [0.15, 0.2) is 47.7 Å². The van der Waals surface area contributed by atoms with E-state index in [2.05, 4.69) is 43.1 Å². The Morgan fingerprint density at radius 3 is 2.89 bits per heavy atom. The number of rotatable bonds is 3. The maximum Gasteiger partial charge on any atom is 0.261 e. The molecule has 0 aliphatic carbocycles. The first-order chi connectivity index (χ1) is 9.25. The monoisotopic (exact) mass is 318 g/mol. The van der Waals surface area contributed by atoms with E-state index in [0.717, 1.165) is 6.42 Å². The van der Waals surface area contributed by atoms with E-state index in [1.807, 2.05) is 18.2 Å². The van der Waals surface area contributed by atoms with Crippen molar-refractivity contribution in [3.8, 4) is 0 Å². The van der Waals surface area contributed by atoms with Gasteiger partial charge in [0.05, 0.1) is 12.5 Å². The second kappa shape index (κ2) is 4.97. The molecular formula is C13H11BrN4O. The van der Waals surface area contributed by atoms with Crippen LogP contribution < -0.4 is 5.56 Å². The quantitative estimate of drug-likeness (QED) is 0.753. The molecule has 3 rings (SSSR count). The molecule has 0 spiro atoms. The average molecular weight is 319 g/mol. The van der Waals surface area contributed by atoms with Crippen LogP contribution in [-0.2, 0) is 6.42 Å². The van der Waals surface area contributed by atoms with Crippen molar-refractivity contribution in [1.82, 2.24) is 19.7 Å². The minimum absolute atomic E-state index is 0.0401. The maximum absolute atomic E-state index is 11.6. The van der Waals surface area contributed by atoms with Gasteiger partial charge in [-0.2, -0.15) is 5.10 Å². The number of halogens is 1. The van der Waals surface area contributed by atoms with E-state index >= 15 is 0 Å². The van der Waals surface area contributed by atoms with E-state index in [-0.39, 0.29) is 10.5 Å². The number of fused-ring (bicyclic) bond motifs is 1. The summed E-state index contributed by atoms with van der Waals surface area (Å²) in [6.45, 7) is 0. The van der Waals surface area contributed by atoms with E-state index in [1.54, 1.807) is 10.9 Å². The smallest absolute Gasteiger partial charge is 0.261 e. The average Bonchev–Trinajstić information content (AvgIpc) is 2.85. The molecule has 1 atom stereocenters. The summed E-state index contributed by atoms with van der Waals surface area (Å²) in [5, 5.41) is 4.74. The van der Waals surface area contributed by atoms with Crippen molar-refractivity contribution >= 4 is 27.0 Å². The highest BCUT2D eigenvalue weighted by atomic mass is 79.9. The van der Waals surface area contributed by atoms with Gasteiger partial charge >= 0.3 is 0 Å². The zero-order valence-corrected chi connectivity index (χ0v) is 11.5. The Labute approximate surface area is 117 Å². The number of H-pyrrole nitrogens is 1. The predicted octanol–water partition coefficient (Wildman–Crippen LogP) is 2.26. The van der Waals surface area contributed by atoms with E-state index < -0.39 is 0 Å². The third-order valence-electron chi connectivity index (χ3n) is 2.91. The lowest BCUT2D eigenvalue weighted by molar-refractivity contribution is 0.622. The van der Waals surface area contributed by atoms with Crippen LogP contribution in [0.25, 0.3) is 11.0 Å². The van der Waals surface area contributed by atoms with Crippen LogP contribution >= 0.6 is 15.9 Å². The summed E-state index contributed by atoms with van der Waals surface area (Å²) in [5.41, 5.74) is 1.61. The van der Waals surface area contributed by atoms with Crippen LogP contribution in [0.5, 0.6) is 0 Å². The van der Waals surface area contributed by atoms with Gasteiger partial charge in [-0.1, -0.05) is 46.3 Å². The lowest BCUT2D eigenvalue weighted by Crippen LogP contribution is -2.10. The minimum atomic E-state index is -0.171. The van der Waals surface area contributed by atoms with Gasteiger partial charge in [-0.15, -0.1) is 0 Å². The van der Waals surface area contributed by atoms with E-state index in [9.17, 15) is 4.79 Å². The van der Waals surface area contributed by atoms with Gasteiger partial charge in [0, 0.05) is 6.42 Å². The fraction of sp³-hybridized carbons (Fsp3) is 0.154. The predicted molar refractivity (Wildman–Crippen MR) is 76.3 cm³/mol. The summed E-state index contributed by atoms with van der Waals surface area (Å²) >= 11 is 3.60. The summed E-state index contributed by atoms with van der Waals surface area (Å²) in [7, 11) is 0. The second-order valence-corrected chi connectivity index (χ2v) is 5.24. The van der Waals surface area contributed by atoms with Gasteiger partial charge in [0.2, 0.25) is 0 Å². The molecule has 1 N–H and O–H groups in total. The first-order valence-electron chi connectivity index (χ1n) is 5.84. The Morgan fingerprint density at radius 2 is 2.11 bits per heavy atom. The van der Waals surface area contributed by atoms with Gasteiger partial charge in [-0.05, 0) is 5.56 Å². The van der Waals surface area contributed by atoms with Crippen molar-refractivity contribution in [2.24, 2.45) is 0 Å². The molecule has 96 valence electrons. The first-order valence-corrected chi connectivity index (χ1v) is 6.76. The highest BCUT2D eigenvalue weighted by Gasteiger charge is 2.14. The molecule has 2 aromatic heterocycles. The molecule has 3 aromatic rings. The Morgan fingerprint density at radius 1 is 1.32 bits per heavy atom. The van der Waals surface area contributed by atoms with Crippen LogP contribution in [0, 0.1) is 0 Å². The molecule has 0 fully saturated rings. The SMILES string of the molecule is O=c1[nH]cnc2c1cnn2C(Br)Cc1ccccc1. The molecule has 0 aliphatic rings. The number of aromatic amines is 1. The Kier molecular flexibility index (Phi) is 3.16. The standard InChI is InChI=1S/C13H11BrN4O/c14-11(6-9-4-2-1-3-5-9)18-12-10(7-17-18)13(19)16-8-15-12/h1-5,7-8,11H,6H2,(H,15,16,19). The number of aromatic nitrogens is 4.